The molecule has 0 aliphatic heterocycles. The monoisotopic (exact) mass is 328 g/mol. The van der Waals surface area contributed by atoms with Crippen LogP contribution in [-0.2, 0) is 16.4 Å². The molecular weight excluding hydrogens is 316 g/mol. The van der Waals surface area contributed by atoms with Gasteiger partial charge in [-0.1, -0.05) is 5.16 Å². The summed E-state index contributed by atoms with van der Waals surface area (Å²) in [6, 6.07) is 0. The van der Waals surface area contributed by atoms with Crippen LogP contribution in [0.4, 0.5) is 5.82 Å². The molecule has 0 atom stereocenters. The molecule has 3 aromatic heterocycles. The molecule has 0 aromatic carbocycles. The summed E-state index contributed by atoms with van der Waals surface area (Å²) in [4.78, 5) is 8.54. The van der Waals surface area contributed by atoms with Gasteiger partial charge in [-0.25, -0.2) is 18.1 Å². The topological polar surface area (TPSA) is 128 Å². The lowest BCUT2D eigenvalue weighted by Crippen LogP contribution is -2.27. The van der Waals surface area contributed by atoms with Gasteiger partial charge in [0.1, 0.15) is 0 Å². The Morgan fingerprint density at radius 3 is 3.00 bits per heavy atom. The SMILES string of the molecule is Cc1noc(CCNS(=O)(=O)c2c(N)nc3sccn23)n1. The predicted octanol–water partition coefficient (Wildman–Crippen LogP) is 0.190. The number of hydrogen-bond acceptors (Lipinski definition) is 8. The number of aromatic nitrogens is 4. The molecule has 0 fully saturated rings. The highest BCUT2D eigenvalue weighted by molar-refractivity contribution is 7.89. The van der Waals surface area contributed by atoms with Gasteiger partial charge in [-0.2, -0.15) is 4.98 Å². The van der Waals surface area contributed by atoms with E-state index in [9.17, 15) is 8.42 Å². The van der Waals surface area contributed by atoms with Gasteiger partial charge in [0.15, 0.2) is 21.6 Å². The van der Waals surface area contributed by atoms with Crippen molar-refractivity contribution in [1.82, 2.24) is 24.2 Å². The molecule has 0 spiro atoms. The van der Waals surface area contributed by atoms with E-state index < -0.39 is 10.0 Å². The van der Waals surface area contributed by atoms with Crippen molar-refractivity contribution in [2.75, 3.05) is 12.3 Å². The lowest BCUT2D eigenvalue weighted by molar-refractivity contribution is 0.375. The number of nitrogens with one attached hydrogen (secondary N) is 1. The molecule has 9 nitrogen and oxygen atoms in total. The maximum atomic E-state index is 12.3. The summed E-state index contributed by atoms with van der Waals surface area (Å²) in [5, 5.41) is 5.32. The number of fused-ring (bicyclic) bond motifs is 1. The number of sulfonamides is 1. The molecule has 3 N–H and O–H groups in total. The Bertz CT molecular complexity index is 878. The minimum absolute atomic E-state index is 0.0250. The van der Waals surface area contributed by atoms with Crippen molar-refractivity contribution in [1.29, 1.82) is 0 Å². The fourth-order valence-electron chi connectivity index (χ4n) is 1.85. The van der Waals surface area contributed by atoms with E-state index in [0.717, 1.165) is 0 Å². The van der Waals surface area contributed by atoms with Crippen molar-refractivity contribution in [3.8, 4) is 0 Å². The first-order chi connectivity index (χ1) is 9.97. The van der Waals surface area contributed by atoms with Gasteiger partial charge >= 0.3 is 0 Å². The van der Waals surface area contributed by atoms with Gasteiger partial charge in [0.2, 0.25) is 5.89 Å². The number of rotatable bonds is 5. The molecule has 0 radical (unpaired) electrons. The standard InChI is InChI=1S/C10H12N6O3S2/c1-6-13-7(19-15-6)2-3-12-21(17,18)9-8(11)14-10-16(9)4-5-20-10/h4-5,12H,2-3,11H2,1H3. The smallest absolute Gasteiger partial charge is 0.260 e. The highest BCUT2D eigenvalue weighted by Gasteiger charge is 2.24. The maximum Gasteiger partial charge on any atom is 0.260 e. The lowest BCUT2D eigenvalue weighted by atomic mass is 10.4. The Morgan fingerprint density at radius 2 is 2.29 bits per heavy atom. The third kappa shape index (κ3) is 2.62. The quantitative estimate of drug-likeness (QED) is 0.684. The fraction of sp³-hybridized carbons (Fsp3) is 0.300. The predicted molar refractivity (Wildman–Crippen MR) is 75.4 cm³/mol. The Kier molecular flexibility index (Phi) is 3.39. The van der Waals surface area contributed by atoms with Crippen molar-refractivity contribution >= 4 is 32.1 Å². The second kappa shape index (κ2) is 5.09. The van der Waals surface area contributed by atoms with E-state index in [-0.39, 0.29) is 17.4 Å². The van der Waals surface area contributed by atoms with Gasteiger partial charge in [0.05, 0.1) is 0 Å². The van der Waals surface area contributed by atoms with Crippen molar-refractivity contribution in [2.45, 2.75) is 18.4 Å². The highest BCUT2D eigenvalue weighted by Crippen LogP contribution is 2.22. The van der Waals surface area contributed by atoms with Crippen molar-refractivity contribution < 1.29 is 12.9 Å². The second-order valence-corrected chi connectivity index (χ2v) is 6.80. The summed E-state index contributed by atoms with van der Waals surface area (Å²) < 4.78 is 33.4. The van der Waals surface area contributed by atoms with Gasteiger partial charge < -0.3 is 10.3 Å². The van der Waals surface area contributed by atoms with Crippen LogP contribution in [0.2, 0.25) is 0 Å². The molecule has 0 saturated carbocycles. The summed E-state index contributed by atoms with van der Waals surface area (Å²) in [6.07, 6.45) is 1.91. The number of nitrogens with zero attached hydrogens (tertiary/aromatic N) is 4. The molecule has 11 heteroatoms. The van der Waals surface area contributed by atoms with Crippen LogP contribution in [0.3, 0.4) is 0 Å². The minimum Gasteiger partial charge on any atom is -0.381 e. The van der Waals surface area contributed by atoms with Crippen molar-refractivity contribution in [2.24, 2.45) is 0 Å². The lowest BCUT2D eigenvalue weighted by Gasteiger charge is -2.05. The van der Waals surface area contributed by atoms with Gasteiger partial charge in [-0.05, 0) is 6.92 Å². The summed E-state index contributed by atoms with van der Waals surface area (Å²) in [6.45, 7) is 1.82. The van der Waals surface area contributed by atoms with E-state index in [0.29, 0.717) is 23.1 Å². The van der Waals surface area contributed by atoms with E-state index in [2.05, 4.69) is 19.8 Å². The van der Waals surface area contributed by atoms with Crippen LogP contribution in [0.25, 0.3) is 4.96 Å². The van der Waals surface area contributed by atoms with Crippen LogP contribution in [0.5, 0.6) is 0 Å². The zero-order chi connectivity index (χ0) is 15.0. The number of nitrogen functional groups attached to an aromatic ring is 1. The van der Waals surface area contributed by atoms with Gasteiger partial charge in [-0.3, -0.25) is 4.40 Å². The third-order valence-electron chi connectivity index (χ3n) is 2.70. The molecule has 3 heterocycles. The highest BCUT2D eigenvalue weighted by atomic mass is 32.2. The molecule has 112 valence electrons. The Hall–Kier alpha value is -1.98. The van der Waals surface area contributed by atoms with Crippen LogP contribution >= 0.6 is 11.3 Å². The number of hydrogen-bond donors (Lipinski definition) is 2. The zero-order valence-electron chi connectivity index (χ0n) is 11.0. The Morgan fingerprint density at radius 1 is 1.48 bits per heavy atom. The maximum absolute atomic E-state index is 12.3. The van der Waals surface area contributed by atoms with Crippen molar-refractivity contribution in [3.63, 3.8) is 0 Å². The summed E-state index contributed by atoms with van der Waals surface area (Å²) in [5.41, 5.74) is 5.68. The van der Waals surface area contributed by atoms with Gasteiger partial charge in [-0.15, -0.1) is 11.3 Å². The molecule has 0 aliphatic carbocycles. The van der Waals surface area contributed by atoms with E-state index in [1.807, 2.05) is 0 Å². The molecule has 0 saturated heterocycles. The number of aryl methyl sites for hydroxylation is 1. The van der Waals surface area contributed by atoms with E-state index >= 15 is 0 Å². The average molecular weight is 328 g/mol. The summed E-state index contributed by atoms with van der Waals surface area (Å²) in [7, 11) is -3.77. The van der Waals surface area contributed by atoms with Crippen molar-refractivity contribution in [3.05, 3.63) is 23.3 Å². The first kappa shape index (κ1) is 14.0. The number of nitrogens with two attached hydrogens (primary N) is 1. The number of thiazole rings is 1. The second-order valence-electron chi connectivity index (χ2n) is 4.24. The van der Waals surface area contributed by atoms with Crippen LogP contribution in [0, 0.1) is 6.92 Å². The van der Waals surface area contributed by atoms with Crippen LogP contribution in [-0.4, -0.2) is 34.5 Å². The molecule has 0 unspecified atom stereocenters. The average Bonchev–Trinajstić information content (AvgIpc) is 3.04. The number of anilines is 1. The molecule has 3 rings (SSSR count). The summed E-state index contributed by atoms with van der Waals surface area (Å²) in [5.74, 6) is 0.855. The van der Waals surface area contributed by atoms with E-state index in [1.54, 1.807) is 18.5 Å². The molecule has 0 bridgehead atoms. The van der Waals surface area contributed by atoms with Crippen LogP contribution in [0.1, 0.15) is 11.7 Å². The largest absolute Gasteiger partial charge is 0.381 e. The molecule has 0 aliphatic rings. The molecule has 21 heavy (non-hydrogen) atoms. The Labute approximate surface area is 123 Å². The van der Waals surface area contributed by atoms with Crippen LogP contribution < -0.4 is 10.5 Å². The third-order valence-corrected chi connectivity index (χ3v) is 4.95. The minimum atomic E-state index is -3.77. The molecule has 0 amide bonds. The van der Waals surface area contributed by atoms with E-state index in [4.69, 9.17) is 10.3 Å². The molecule has 3 aromatic rings. The summed E-state index contributed by atoms with van der Waals surface area (Å²) >= 11 is 1.31. The Balaban J connectivity index is 1.77. The van der Waals surface area contributed by atoms with E-state index in [1.165, 1.54) is 15.7 Å². The van der Waals surface area contributed by atoms with Gasteiger partial charge in [0, 0.05) is 24.5 Å². The normalized spacial score (nSPS) is 12.2. The first-order valence-electron chi connectivity index (χ1n) is 5.97. The van der Waals surface area contributed by atoms with Crippen LogP contribution in [0.15, 0.2) is 21.1 Å². The number of imidazole rings is 1. The fourth-order valence-corrected chi connectivity index (χ4v) is 3.86. The first-order valence-corrected chi connectivity index (χ1v) is 8.33. The zero-order valence-corrected chi connectivity index (χ0v) is 12.6. The van der Waals surface area contributed by atoms with Gasteiger partial charge in [0.25, 0.3) is 10.0 Å². The molecular formula is C10H12N6O3S2.